The summed E-state index contributed by atoms with van der Waals surface area (Å²) < 4.78 is 16.5. The maximum Gasteiger partial charge on any atom is 0.164 e. The highest BCUT2D eigenvalue weighted by molar-refractivity contribution is 6.23. The van der Waals surface area contributed by atoms with Crippen molar-refractivity contribution in [1.29, 1.82) is 0 Å². The molecular weight excluding hydrogens is 364 g/mol. The minimum Gasteiger partial charge on any atom is -0.496 e. The molecule has 1 heterocycles. The zero-order valence-electron chi connectivity index (χ0n) is 16.4. The fourth-order valence-corrected chi connectivity index (χ4v) is 3.97. The molecule has 0 aliphatic rings. The molecule has 0 fully saturated rings. The van der Waals surface area contributed by atoms with Crippen LogP contribution in [0.1, 0.15) is 0 Å². The highest BCUT2D eigenvalue weighted by Gasteiger charge is 2.18. The Hall–Kier alpha value is -3.73. The quantitative estimate of drug-likeness (QED) is 0.412. The van der Waals surface area contributed by atoms with Crippen LogP contribution in [0.3, 0.4) is 0 Å². The molecule has 29 heavy (non-hydrogen) atoms. The molecular formula is C24H20N2O3. The molecule has 5 rings (SSSR count). The molecule has 144 valence electrons. The second-order valence-electron chi connectivity index (χ2n) is 6.81. The zero-order valence-corrected chi connectivity index (χ0v) is 16.4. The van der Waals surface area contributed by atoms with Gasteiger partial charge < -0.3 is 19.2 Å². The standard InChI is InChI=1S/C24H20N2O3/c1-27-19-13-21(29-3)20(28-2)12-18(19)24-25-22-16-10-6-4-8-14(16)15-9-5-7-11-17(15)23(22)26-24/h4-13H,1-3H3,(H,25,26). The molecule has 0 saturated carbocycles. The molecule has 0 radical (unpaired) electrons. The molecule has 4 aromatic carbocycles. The van der Waals surface area contributed by atoms with E-state index in [1.807, 2.05) is 24.3 Å². The van der Waals surface area contributed by atoms with Gasteiger partial charge in [0.25, 0.3) is 0 Å². The Bertz CT molecular complexity index is 1300. The van der Waals surface area contributed by atoms with E-state index in [1.54, 1.807) is 21.3 Å². The van der Waals surface area contributed by atoms with Crippen LogP contribution in [-0.4, -0.2) is 31.3 Å². The number of hydrogen-bond donors (Lipinski definition) is 1. The van der Waals surface area contributed by atoms with Crippen molar-refractivity contribution in [2.75, 3.05) is 21.3 Å². The van der Waals surface area contributed by atoms with Gasteiger partial charge in [-0.15, -0.1) is 0 Å². The summed E-state index contributed by atoms with van der Waals surface area (Å²) in [7, 11) is 4.86. The van der Waals surface area contributed by atoms with E-state index in [2.05, 4.69) is 41.4 Å². The summed E-state index contributed by atoms with van der Waals surface area (Å²) in [6.07, 6.45) is 0. The van der Waals surface area contributed by atoms with E-state index < -0.39 is 0 Å². The number of rotatable bonds is 4. The lowest BCUT2D eigenvalue weighted by atomic mass is 10.0. The Morgan fingerprint density at radius 2 is 1.21 bits per heavy atom. The Labute approximate surface area is 167 Å². The second kappa shape index (κ2) is 6.71. The van der Waals surface area contributed by atoms with Gasteiger partial charge in [-0.05, 0) is 16.8 Å². The predicted octanol–water partition coefficient (Wildman–Crippen LogP) is 5.56. The zero-order chi connectivity index (χ0) is 20.0. The fraction of sp³-hybridized carbons (Fsp3) is 0.125. The van der Waals surface area contributed by atoms with E-state index in [0.29, 0.717) is 17.2 Å². The molecule has 0 saturated heterocycles. The van der Waals surface area contributed by atoms with Crippen molar-refractivity contribution in [1.82, 2.24) is 9.97 Å². The number of nitrogens with zero attached hydrogens (tertiary/aromatic N) is 1. The molecule has 1 N–H and O–H groups in total. The van der Waals surface area contributed by atoms with Crippen LogP contribution in [0.4, 0.5) is 0 Å². The highest BCUT2D eigenvalue weighted by Crippen LogP contribution is 2.41. The van der Waals surface area contributed by atoms with E-state index in [4.69, 9.17) is 19.2 Å². The molecule has 5 nitrogen and oxygen atoms in total. The van der Waals surface area contributed by atoms with Crippen molar-refractivity contribution in [2.24, 2.45) is 0 Å². The number of ether oxygens (including phenoxy) is 3. The van der Waals surface area contributed by atoms with Crippen molar-refractivity contribution in [3.8, 4) is 28.6 Å². The van der Waals surface area contributed by atoms with Crippen LogP contribution in [0.5, 0.6) is 17.2 Å². The Balaban J connectivity index is 1.87. The van der Waals surface area contributed by atoms with Gasteiger partial charge in [0.15, 0.2) is 11.5 Å². The first-order valence-electron chi connectivity index (χ1n) is 9.34. The van der Waals surface area contributed by atoms with Gasteiger partial charge in [0.05, 0.1) is 37.9 Å². The first kappa shape index (κ1) is 17.4. The molecule has 0 aliphatic carbocycles. The third-order valence-corrected chi connectivity index (χ3v) is 5.33. The number of methoxy groups -OCH3 is 3. The Morgan fingerprint density at radius 3 is 1.86 bits per heavy atom. The maximum absolute atomic E-state index is 5.62. The van der Waals surface area contributed by atoms with Gasteiger partial charge in [-0.2, -0.15) is 0 Å². The summed E-state index contributed by atoms with van der Waals surface area (Å²) >= 11 is 0. The van der Waals surface area contributed by atoms with Crippen molar-refractivity contribution in [3.63, 3.8) is 0 Å². The number of benzene rings is 4. The average Bonchev–Trinajstić information content (AvgIpc) is 3.24. The van der Waals surface area contributed by atoms with Crippen molar-refractivity contribution in [2.45, 2.75) is 0 Å². The first-order chi connectivity index (χ1) is 14.2. The summed E-state index contributed by atoms with van der Waals surface area (Å²) in [6.45, 7) is 0. The summed E-state index contributed by atoms with van der Waals surface area (Å²) in [5.74, 6) is 2.62. The summed E-state index contributed by atoms with van der Waals surface area (Å²) in [6, 6.07) is 20.4. The minimum absolute atomic E-state index is 0.611. The molecule has 0 amide bonds. The molecule has 0 aliphatic heterocycles. The fourth-order valence-electron chi connectivity index (χ4n) is 3.97. The lowest BCUT2D eigenvalue weighted by molar-refractivity contribution is 0.349. The Morgan fingerprint density at radius 1 is 0.655 bits per heavy atom. The van der Waals surface area contributed by atoms with Gasteiger partial charge >= 0.3 is 0 Å². The van der Waals surface area contributed by atoms with Gasteiger partial charge in [-0.3, -0.25) is 0 Å². The molecule has 5 aromatic rings. The van der Waals surface area contributed by atoms with E-state index in [-0.39, 0.29) is 0 Å². The molecule has 0 bridgehead atoms. The lowest BCUT2D eigenvalue weighted by Crippen LogP contribution is -1.95. The summed E-state index contributed by atoms with van der Waals surface area (Å²) in [4.78, 5) is 8.49. The van der Waals surface area contributed by atoms with E-state index >= 15 is 0 Å². The number of H-pyrrole nitrogens is 1. The third-order valence-electron chi connectivity index (χ3n) is 5.33. The lowest BCUT2D eigenvalue weighted by Gasteiger charge is -2.12. The van der Waals surface area contributed by atoms with Crippen molar-refractivity contribution in [3.05, 3.63) is 60.7 Å². The number of hydrogen-bond acceptors (Lipinski definition) is 4. The molecule has 0 spiro atoms. The van der Waals surface area contributed by atoms with Gasteiger partial charge in [0.1, 0.15) is 11.6 Å². The first-order valence-corrected chi connectivity index (χ1v) is 9.34. The number of aromatic nitrogens is 2. The van der Waals surface area contributed by atoms with Crippen LogP contribution in [0, 0.1) is 0 Å². The number of nitrogens with one attached hydrogen (secondary N) is 1. The molecule has 0 atom stereocenters. The molecule has 5 heteroatoms. The highest BCUT2D eigenvalue weighted by atomic mass is 16.5. The number of fused-ring (bicyclic) bond motifs is 6. The largest absolute Gasteiger partial charge is 0.496 e. The second-order valence-corrected chi connectivity index (χ2v) is 6.81. The average molecular weight is 384 g/mol. The maximum atomic E-state index is 5.62. The minimum atomic E-state index is 0.611. The third kappa shape index (κ3) is 2.58. The summed E-state index contributed by atoms with van der Waals surface area (Å²) in [5.41, 5.74) is 2.76. The van der Waals surface area contributed by atoms with Crippen molar-refractivity contribution < 1.29 is 14.2 Å². The van der Waals surface area contributed by atoms with E-state index in [1.165, 1.54) is 10.8 Å². The smallest absolute Gasteiger partial charge is 0.164 e. The van der Waals surface area contributed by atoms with Gasteiger partial charge in [-0.1, -0.05) is 48.5 Å². The molecule has 1 aromatic heterocycles. The van der Waals surface area contributed by atoms with Crippen LogP contribution in [0.2, 0.25) is 0 Å². The van der Waals surface area contributed by atoms with Gasteiger partial charge in [-0.25, -0.2) is 4.98 Å². The van der Waals surface area contributed by atoms with Gasteiger partial charge in [0.2, 0.25) is 0 Å². The van der Waals surface area contributed by atoms with Gasteiger partial charge in [0, 0.05) is 16.8 Å². The predicted molar refractivity (Wildman–Crippen MR) is 116 cm³/mol. The van der Waals surface area contributed by atoms with Crippen LogP contribution in [0.15, 0.2) is 60.7 Å². The monoisotopic (exact) mass is 384 g/mol. The van der Waals surface area contributed by atoms with Crippen LogP contribution >= 0.6 is 0 Å². The van der Waals surface area contributed by atoms with Crippen LogP contribution in [-0.2, 0) is 0 Å². The van der Waals surface area contributed by atoms with Crippen LogP contribution < -0.4 is 14.2 Å². The Kier molecular flexibility index (Phi) is 4.02. The van der Waals surface area contributed by atoms with Crippen molar-refractivity contribution >= 4 is 32.6 Å². The van der Waals surface area contributed by atoms with Crippen LogP contribution in [0.25, 0.3) is 44.0 Å². The van der Waals surface area contributed by atoms with E-state index in [9.17, 15) is 0 Å². The SMILES string of the molecule is COc1cc(OC)c(-c2nc3c4ccccc4c4ccccc4c3[nH]2)cc1OC. The summed E-state index contributed by atoms with van der Waals surface area (Å²) in [5, 5.41) is 4.64. The van der Waals surface area contributed by atoms with E-state index in [0.717, 1.165) is 33.2 Å². The normalized spacial score (nSPS) is 11.3. The number of aromatic amines is 1. The molecule has 0 unspecified atom stereocenters. The number of imidazole rings is 1. The topological polar surface area (TPSA) is 56.4 Å².